The molecule has 12 heteroatoms. The Morgan fingerprint density at radius 3 is 2.16 bits per heavy atom. The van der Waals surface area contributed by atoms with Crippen molar-refractivity contribution in [2.45, 2.75) is 64.1 Å². The number of halogens is 3. The Hall–Kier alpha value is -2.79. The lowest BCUT2D eigenvalue weighted by Gasteiger charge is -2.34. The number of anilines is 1. The van der Waals surface area contributed by atoms with Gasteiger partial charge >= 0.3 is 0 Å². The van der Waals surface area contributed by atoms with Gasteiger partial charge in [0.2, 0.25) is 11.8 Å². The summed E-state index contributed by atoms with van der Waals surface area (Å²) in [6.45, 7) is 7.32. The number of nitrogens with one attached hydrogen (secondary N) is 1. The molecule has 0 spiro atoms. The van der Waals surface area contributed by atoms with E-state index in [0.717, 1.165) is 4.31 Å². The fourth-order valence-corrected chi connectivity index (χ4v) is 6.48. The fraction of sp³-hybridized carbons (Fsp3) is 0.355. The normalized spacial score (nSPS) is 12.7. The van der Waals surface area contributed by atoms with Crippen LogP contribution < -0.4 is 14.4 Å². The van der Waals surface area contributed by atoms with E-state index >= 15 is 0 Å². The SMILES string of the molecule is CCOc1ccc(N(CC(=O)N(Cc2ccc(Cl)cc2Cl)[C@H](CC)C(=O)N[C@H](C)CC)S(=O)(=O)c2ccc(Br)cc2)cc1. The molecule has 43 heavy (non-hydrogen) atoms. The van der Waals surface area contributed by atoms with Crippen molar-refractivity contribution in [3.8, 4) is 5.75 Å². The molecule has 0 heterocycles. The van der Waals surface area contributed by atoms with Gasteiger partial charge in [-0.05, 0) is 92.9 Å². The zero-order valence-corrected chi connectivity index (χ0v) is 28.4. The van der Waals surface area contributed by atoms with Gasteiger partial charge in [0, 0.05) is 27.1 Å². The first-order valence-corrected chi connectivity index (χ1v) is 16.9. The van der Waals surface area contributed by atoms with Crippen LogP contribution in [0.25, 0.3) is 0 Å². The van der Waals surface area contributed by atoms with Crippen molar-refractivity contribution in [1.29, 1.82) is 0 Å². The van der Waals surface area contributed by atoms with E-state index in [-0.39, 0.29) is 29.1 Å². The molecule has 0 aliphatic rings. The van der Waals surface area contributed by atoms with Crippen LogP contribution in [0.1, 0.15) is 46.1 Å². The van der Waals surface area contributed by atoms with Crippen LogP contribution in [0.5, 0.6) is 5.75 Å². The lowest BCUT2D eigenvalue weighted by atomic mass is 10.1. The van der Waals surface area contributed by atoms with Crippen molar-refractivity contribution in [2.75, 3.05) is 17.5 Å². The first-order chi connectivity index (χ1) is 20.4. The highest BCUT2D eigenvalue weighted by Gasteiger charge is 2.34. The molecule has 0 unspecified atom stereocenters. The molecule has 3 rings (SSSR count). The maximum atomic E-state index is 14.2. The number of carbonyl (C=O) groups is 2. The van der Waals surface area contributed by atoms with Gasteiger partial charge in [0.25, 0.3) is 10.0 Å². The number of carbonyl (C=O) groups excluding carboxylic acids is 2. The number of sulfonamides is 1. The maximum absolute atomic E-state index is 14.2. The van der Waals surface area contributed by atoms with E-state index in [1.54, 1.807) is 61.5 Å². The number of benzene rings is 3. The minimum absolute atomic E-state index is 0.00577. The lowest BCUT2D eigenvalue weighted by molar-refractivity contribution is -0.140. The average Bonchev–Trinajstić information content (AvgIpc) is 2.97. The summed E-state index contributed by atoms with van der Waals surface area (Å²) < 4.78 is 35.3. The van der Waals surface area contributed by atoms with E-state index in [9.17, 15) is 18.0 Å². The van der Waals surface area contributed by atoms with Crippen molar-refractivity contribution in [3.05, 3.63) is 86.8 Å². The molecule has 0 saturated carbocycles. The van der Waals surface area contributed by atoms with Gasteiger partial charge in [0.1, 0.15) is 18.3 Å². The quantitative estimate of drug-likeness (QED) is 0.193. The summed E-state index contributed by atoms with van der Waals surface area (Å²) in [6, 6.07) is 16.5. The third kappa shape index (κ3) is 9.11. The van der Waals surface area contributed by atoms with E-state index in [4.69, 9.17) is 27.9 Å². The van der Waals surface area contributed by atoms with E-state index in [0.29, 0.717) is 45.3 Å². The van der Waals surface area contributed by atoms with Crippen LogP contribution in [-0.2, 0) is 26.2 Å². The molecule has 0 fully saturated rings. The van der Waals surface area contributed by atoms with Crippen molar-refractivity contribution in [1.82, 2.24) is 10.2 Å². The molecule has 3 aromatic carbocycles. The second kappa shape index (κ2) is 15.8. The highest BCUT2D eigenvalue weighted by Crippen LogP contribution is 2.29. The number of nitrogens with zero attached hydrogens (tertiary/aromatic N) is 2. The molecule has 0 aromatic heterocycles. The van der Waals surface area contributed by atoms with E-state index in [1.807, 2.05) is 20.8 Å². The summed E-state index contributed by atoms with van der Waals surface area (Å²) in [5, 5.41) is 3.71. The second-order valence-corrected chi connectivity index (χ2v) is 13.5. The van der Waals surface area contributed by atoms with E-state index in [2.05, 4.69) is 21.2 Å². The summed E-state index contributed by atoms with van der Waals surface area (Å²) in [7, 11) is -4.21. The first kappa shape index (κ1) is 34.7. The van der Waals surface area contributed by atoms with Gasteiger partial charge in [-0.2, -0.15) is 0 Å². The number of rotatable bonds is 14. The second-order valence-electron chi connectivity index (χ2n) is 9.89. The Morgan fingerprint density at radius 1 is 0.953 bits per heavy atom. The Kier molecular flexibility index (Phi) is 12.7. The smallest absolute Gasteiger partial charge is 0.264 e. The molecule has 0 saturated heterocycles. The Morgan fingerprint density at radius 2 is 1.60 bits per heavy atom. The minimum Gasteiger partial charge on any atom is -0.494 e. The summed E-state index contributed by atoms with van der Waals surface area (Å²) >= 11 is 15.9. The van der Waals surface area contributed by atoms with Crippen LogP contribution in [-0.4, -0.2) is 50.4 Å². The summed E-state index contributed by atoms with van der Waals surface area (Å²) in [5.41, 5.74) is 0.832. The van der Waals surface area contributed by atoms with Gasteiger partial charge in [-0.3, -0.25) is 13.9 Å². The first-order valence-electron chi connectivity index (χ1n) is 14.0. The lowest BCUT2D eigenvalue weighted by Crippen LogP contribution is -2.53. The molecular weight excluding hydrogens is 677 g/mol. The number of ether oxygens (including phenoxy) is 1. The van der Waals surface area contributed by atoms with Crippen LogP contribution in [0.15, 0.2) is 76.1 Å². The van der Waals surface area contributed by atoms with Crippen molar-refractivity contribution in [3.63, 3.8) is 0 Å². The Bertz CT molecular complexity index is 1500. The zero-order valence-electron chi connectivity index (χ0n) is 24.5. The molecular formula is C31H36BrCl2N3O5S. The standard InChI is InChI=1S/C31H36BrCl2N3O5S/c1-5-21(4)35-31(39)29(6-2)36(19-22-8-11-24(33)18-28(22)34)30(38)20-37(25-12-14-26(15-13-25)42-7-3)43(40,41)27-16-9-23(32)10-17-27/h8-18,21,29H,5-7,19-20H2,1-4H3,(H,35,39)/t21-,29-/m1/s1. The number of hydrogen-bond acceptors (Lipinski definition) is 5. The highest BCUT2D eigenvalue weighted by molar-refractivity contribution is 9.10. The Labute approximate surface area is 272 Å². The average molecular weight is 714 g/mol. The van der Waals surface area contributed by atoms with Gasteiger partial charge in [-0.1, -0.05) is 59.0 Å². The van der Waals surface area contributed by atoms with Crippen molar-refractivity contribution >= 4 is 66.7 Å². The third-order valence-corrected chi connectivity index (χ3v) is 9.76. The Balaban J connectivity index is 2.08. The van der Waals surface area contributed by atoms with Crippen LogP contribution in [0.4, 0.5) is 5.69 Å². The molecule has 2 atom stereocenters. The third-order valence-electron chi connectivity index (χ3n) is 6.86. The number of amides is 2. The molecule has 0 radical (unpaired) electrons. The van der Waals surface area contributed by atoms with Gasteiger partial charge in [-0.15, -0.1) is 0 Å². The molecule has 0 aliphatic heterocycles. The van der Waals surface area contributed by atoms with Crippen LogP contribution in [0.3, 0.4) is 0 Å². The minimum atomic E-state index is -4.21. The van der Waals surface area contributed by atoms with Gasteiger partial charge in [0.05, 0.1) is 17.2 Å². The van der Waals surface area contributed by atoms with Crippen LogP contribution in [0.2, 0.25) is 10.0 Å². The fourth-order valence-electron chi connectivity index (χ4n) is 4.33. The largest absolute Gasteiger partial charge is 0.494 e. The summed E-state index contributed by atoms with van der Waals surface area (Å²) in [4.78, 5) is 29.0. The summed E-state index contributed by atoms with van der Waals surface area (Å²) in [6.07, 6.45) is 0.998. The zero-order chi connectivity index (χ0) is 31.7. The van der Waals surface area contributed by atoms with Gasteiger partial charge in [0.15, 0.2) is 0 Å². The molecule has 0 aliphatic carbocycles. The molecule has 232 valence electrons. The maximum Gasteiger partial charge on any atom is 0.264 e. The molecule has 0 bridgehead atoms. The monoisotopic (exact) mass is 711 g/mol. The highest BCUT2D eigenvalue weighted by atomic mass is 79.9. The molecule has 2 amide bonds. The van der Waals surface area contributed by atoms with E-state index < -0.39 is 28.5 Å². The predicted molar refractivity (Wildman–Crippen MR) is 175 cm³/mol. The van der Waals surface area contributed by atoms with E-state index in [1.165, 1.54) is 17.0 Å². The topological polar surface area (TPSA) is 96.0 Å². The van der Waals surface area contributed by atoms with Gasteiger partial charge in [-0.25, -0.2) is 8.42 Å². The van der Waals surface area contributed by atoms with Crippen molar-refractivity contribution in [2.24, 2.45) is 0 Å². The summed E-state index contributed by atoms with van der Waals surface area (Å²) in [5.74, 6) is -0.351. The molecule has 8 nitrogen and oxygen atoms in total. The van der Waals surface area contributed by atoms with Gasteiger partial charge < -0.3 is 15.0 Å². The molecule has 3 aromatic rings. The van der Waals surface area contributed by atoms with Crippen LogP contribution >= 0.6 is 39.1 Å². The molecule has 1 N–H and O–H groups in total. The van der Waals surface area contributed by atoms with Crippen LogP contribution in [0, 0.1) is 0 Å². The van der Waals surface area contributed by atoms with Crippen molar-refractivity contribution < 1.29 is 22.7 Å². The predicted octanol–water partition coefficient (Wildman–Crippen LogP) is 7.07. The number of hydrogen-bond donors (Lipinski definition) is 1.